The molecule has 7 heteroatoms. The van der Waals surface area contributed by atoms with Gasteiger partial charge in [-0.15, -0.1) is 0 Å². The Hall–Kier alpha value is -2.80. The van der Waals surface area contributed by atoms with Crippen molar-refractivity contribution in [3.63, 3.8) is 0 Å². The number of para-hydroxylation sites is 1. The number of hydrogen-bond donors (Lipinski definition) is 0. The van der Waals surface area contributed by atoms with Gasteiger partial charge >= 0.3 is 0 Å². The van der Waals surface area contributed by atoms with E-state index in [-0.39, 0.29) is 17.7 Å². The summed E-state index contributed by atoms with van der Waals surface area (Å²) in [5.41, 5.74) is 4.92. The summed E-state index contributed by atoms with van der Waals surface area (Å²) in [6.07, 6.45) is 1.85. The lowest BCUT2D eigenvalue weighted by Crippen LogP contribution is -2.27. The fraction of sp³-hybridized carbons (Fsp3) is 0.111. The molecule has 2 heterocycles. The normalized spacial score (nSPS) is 15.1. The molecule has 4 nitrogen and oxygen atoms in total. The highest BCUT2D eigenvalue weighted by Crippen LogP contribution is 2.37. The van der Waals surface area contributed by atoms with Crippen molar-refractivity contribution in [1.82, 2.24) is 9.47 Å². The Bertz CT molecular complexity index is 1480. The number of carbonyl (C=O) groups excluding carboxylic acids is 2. The van der Waals surface area contributed by atoms with E-state index >= 15 is 0 Å². The van der Waals surface area contributed by atoms with Gasteiger partial charge in [-0.25, -0.2) is 0 Å². The standard InChI is InChI=1S/C27H20BrClN2O2S/c1-17-21(14-25-26(32)31(27(33)34-25)15-18-8-2-5-11-22(18)28)20-10-4-7-13-24(20)30(17)16-19-9-3-6-12-23(19)29/h2-14H,15-16H2,1H3/b25-14-. The minimum atomic E-state index is -0.270. The molecule has 0 radical (unpaired) electrons. The second-order valence-corrected chi connectivity index (χ2v) is 10.3. The van der Waals surface area contributed by atoms with Gasteiger partial charge in [0, 0.05) is 38.2 Å². The lowest BCUT2D eigenvalue weighted by atomic mass is 10.1. The van der Waals surface area contributed by atoms with E-state index in [4.69, 9.17) is 11.6 Å². The van der Waals surface area contributed by atoms with Gasteiger partial charge in [0.1, 0.15) is 0 Å². The number of halogens is 2. The number of rotatable bonds is 5. The first-order valence-electron chi connectivity index (χ1n) is 10.7. The Labute approximate surface area is 215 Å². The second kappa shape index (κ2) is 9.45. The van der Waals surface area contributed by atoms with Crippen LogP contribution in [0.2, 0.25) is 5.02 Å². The van der Waals surface area contributed by atoms with E-state index in [0.29, 0.717) is 11.4 Å². The number of aromatic nitrogens is 1. The molecule has 1 aliphatic rings. The monoisotopic (exact) mass is 550 g/mol. The molecule has 0 unspecified atom stereocenters. The maximum absolute atomic E-state index is 13.2. The summed E-state index contributed by atoms with van der Waals surface area (Å²) >= 11 is 10.9. The molecule has 1 fully saturated rings. The van der Waals surface area contributed by atoms with Gasteiger partial charge < -0.3 is 4.57 Å². The van der Waals surface area contributed by atoms with Gasteiger partial charge in [-0.1, -0.05) is 82.1 Å². The third kappa shape index (κ3) is 4.22. The summed E-state index contributed by atoms with van der Waals surface area (Å²) in [6.45, 7) is 2.88. The summed E-state index contributed by atoms with van der Waals surface area (Å²) in [6, 6.07) is 23.5. The van der Waals surface area contributed by atoms with Crippen LogP contribution in [0, 0.1) is 6.92 Å². The van der Waals surface area contributed by atoms with Crippen molar-refractivity contribution < 1.29 is 9.59 Å². The van der Waals surface area contributed by atoms with Crippen LogP contribution in [0.1, 0.15) is 22.4 Å². The molecule has 0 N–H and O–H groups in total. The zero-order chi connectivity index (χ0) is 23.8. The molecular formula is C27H20BrClN2O2S. The van der Waals surface area contributed by atoms with E-state index in [9.17, 15) is 9.59 Å². The first-order chi connectivity index (χ1) is 16.4. The minimum absolute atomic E-state index is 0.233. The molecule has 0 saturated carbocycles. The van der Waals surface area contributed by atoms with Crippen molar-refractivity contribution in [2.45, 2.75) is 20.0 Å². The van der Waals surface area contributed by atoms with Crippen molar-refractivity contribution in [1.29, 1.82) is 0 Å². The molecular weight excluding hydrogens is 532 g/mol. The average Bonchev–Trinajstić information content (AvgIpc) is 3.25. The summed E-state index contributed by atoms with van der Waals surface area (Å²) in [4.78, 5) is 27.7. The van der Waals surface area contributed by atoms with Crippen LogP contribution in [-0.2, 0) is 17.9 Å². The van der Waals surface area contributed by atoms with E-state index < -0.39 is 0 Å². The number of benzene rings is 3. The van der Waals surface area contributed by atoms with Crippen LogP contribution in [0.3, 0.4) is 0 Å². The Balaban J connectivity index is 1.53. The van der Waals surface area contributed by atoms with Crippen LogP contribution in [0.25, 0.3) is 17.0 Å². The van der Waals surface area contributed by atoms with Crippen LogP contribution in [-0.4, -0.2) is 20.6 Å². The molecule has 3 aromatic carbocycles. The van der Waals surface area contributed by atoms with E-state index in [0.717, 1.165) is 54.5 Å². The Morgan fingerprint density at radius 2 is 1.59 bits per heavy atom. The molecule has 2 amide bonds. The molecule has 0 spiro atoms. The highest BCUT2D eigenvalue weighted by Gasteiger charge is 2.35. The zero-order valence-corrected chi connectivity index (χ0v) is 21.5. The molecule has 0 aliphatic carbocycles. The van der Waals surface area contributed by atoms with Crippen molar-refractivity contribution in [3.05, 3.63) is 110 Å². The van der Waals surface area contributed by atoms with Crippen molar-refractivity contribution in [2.24, 2.45) is 0 Å². The van der Waals surface area contributed by atoms with E-state index in [1.54, 1.807) is 0 Å². The van der Waals surface area contributed by atoms with Gasteiger partial charge in [-0.2, -0.15) is 0 Å². The molecule has 170 valence electrons. The van der Waals surface area contributed by atoms with E-state index in [2.05, 4.69) is 26.6 Å². The first kappa shape index (κ1) is 23.0. The summed E-state index contributed by atoms with van der Waals surface area (Å²) in [5.74, 6) is -0.270. The number of fused-ring (bicyclic) bond motifs is 1. The highest BCUT2D eigenvalue weighted by molar-refractivity contribution is 9.10. The number of amides is 2. The Kier molecular flexibility index (Phi) is 6.38. The molecule has 1 aliphatic heterocycles. The van der Waals surface area contributed by atoms with Crippen LogP contribution in [0.4, 0.5) is 4.79 Å². The van der Waals surface area contributed by atoms with Crippen molar-refractivity contribution in [3.8, 4) is 0 Å². The molecule has 1 aromatic heterocycles. The predicted molar refractivity (Wildman–Crippen MR) is 143 cm³/mol. The molecule has 5 rings (SSSR count). The van der Waals surface area contributed by atoms with E-state index in [1.807, 2.05) is 79.7 Å². The van der Waals surface area contributed by atoms with Crippen molar-refractivity contribution in [2.75, 3.05) is 0 Å². The van der Waals surface area contributed by atoms with Crippen LogP contribution in [0.15, 0.2) is 82.2 Å². The van der Waals surface area contributed by atoms with Crippen molar-refractivity contribution >= 4 is 67.4 Å². The maximum Gasteiger partial charge on any atom is 0.293 e. The number of nitrogens with zero attached hydrogens (tertiary/aromatic N) is 2. The van der Waals surface area contributed by atoms with Gasteiger partial charge in [-0.3, -0.25) is 14.5 Å². The van der Waals surface area contributed by atoms with Gasteiger partial charge in [0.05, 0.1) is 11.4 Å². The summed E-state index contributed by atoms with van der Waals surface area (Å²) in [5, 5.41) is 1.49. The molecule has 34 heavy (non-hydrogen) atoms. The number of thioether (sulfide) groups is 1. The zero-order valence-electron chi connectivity index (χ0n) is 18.3. The lowest BCUT2D eigenvalue weighted by molar-refractivity contribution is -0.123. The third-order valence-corrected chi connectivity index (χ3v) is 8.05. The van der Waals surface area contributed by atoms with Crippen LogP contribution in [0.5, 0.6) is 0 Å². The maximum atomic E-state index is 13.2. The lowest BCUT2D eigenvalue weighted by Gasteiger charge is -2.13. The third-order valence-electron chi connectivity index (χ3n) is 6.00. The smallest absolute Gasteiger partial charge is 0.293 e. The van der Waals surface area contributed by atoms with E-state index in [1.165, 1.54) is 4.90 Å². The topological polar surface area (TPSA) is 42.3 Å². The van der Waals surface area contributed by atoms with Gasteiger partial charge in [0.2, 0.25) is 0 Å². The molecule has 4 aromatic rings. The first-order valence-corrected chi connectivity index (χ1v) is 12.7. The molecule has 0 atom stereocenters. The molecule has 1 saturated heterocycles. The fourth-order valence-electron chi connectivity index (χ4n) is 4.21. The highest BCUT2D eigenvalue weighted by atomic mass is 79.9. The number of hydrogen-bond acceptors (Lipinski definition) is 3. The van der Waals surface area contributed by atoms with Crippen LogP contribution < -0.4 is 0 Å². The minimum Gasteiger partial charge on any atom is -0.340 e. The predicted octanol–water partition coefficient (Wildman–Crippen LogP) is 7.65. The Morgan fingerprint density at radius 1 is 0.912 bits per heavy atom. The fourth-order valence-corrected chi connectivity index (χ4v) is 5.63. The largest absolute Gasteiger partial charge is 0.340 e. The Morgan fingerprint density at radius 3 is 2.35 bits per heavy atom. The molecule has 0 bridgehead atoms. The van der Waals surface area contributed by atoms with Crippen LogP contribution >= 0.6 is 39.3 Å². The number of carbonyl (C=O) groups is 2. The summed E-state index contributed by atoms with van der Waals surface area (Å²) in [7, 11) is 0. The quantitative estimate of drug-likeness (QED) is 0.239. The van der Waals surface area contributed by atoms with Gasteiger partial charge in [0.15, 0.2) is 0 Å². The van der Waals surface area contributed by atoms with Gasteiger partial charge in [0.25, 0.3) is 11.1 Å². The van der Waals surface area contributed by atoms with Gasteiger partial charge in [-0.05, 0) is 54.1 Å². The second-order valence-electron chi connectivity index (χ2n) is 8.05. The summed E-state index contributed by atoms with van der Waals surface area (Å²) < 4.78 is 3.07. The SMILES string of the molecule is Cc1c(/C=C2\SC(=O)N(Cc3ccccc3Br)C2=O)c2ccccc2n1Cc1ccccc1Cl. The number of imide groups is 1. The average molecular weight is 552 g/mol.